The summed E-state index contributed by atoms with van der Waals surface area (Å²) in [6, 6.07) is 2.15. The third-order valence-electron chi connectivity index (χ3n) is 3.57. The largest absolute Gasteiger partial charge is 0.310 e. The Kier molecular flexibility index (Phi) is 6.19. The van der Waals surface area contributed by atoms with Crippen molar-refractivity contribution < 1.29 is 8.42 Å². The second-order valence-corrected chi connectivity index (χ2v) is 8.34. The highest BCUT2D eigenvalue weighted by molar-refractivity contribution is 7.89. The molecule has 0 radical (unpaired) electrons. The van der Waals surface area contributed by atoms with Gasteiger partial charge in [0.1, 0.15) is 0 Å². The number of thiophene rings is 1. The van der Waals surface area contributed by atoms with Crippen molar-refractivity contribution in [3.63, 3.8) is 0 Å². The van der Waals surface area contributed by atoms with Gasteiger partial charge in [0.15, 0.2) is 0 Å². The normalized spacial score (nSPS) is 13.1. The molecule has 1 rings (SSSR count). The van der Waals surface area contributed by atoms with Crippen molar-refractivity contribution in [2.45, 2.75) is 70.5 Å². The monoisotopic (exact) mass is 318 g/mol. The zero-order valence-corrected chi connectivity index (χ0v) is 14.6. The highest BCUT2D eigenvalue weighted by atomic mass is 32.2. The minimum absolute atomic E-state index is 0.371. The van der Waals surface area contributed by atoms with Crippen molar-refractivity contribution in [1.29, 1.82) is 0 Å². The molecule has 0 amide bonds. The molecule has 0 bridgehead atoms. The van der Waals surface area contributed by atoms with Crippen LogP contribution < -0.4 is 10.0 Å². The molecule has 0 spiro atoms. The van der Waals surface area contributed by atoms with E-state index >= 15 is 0 Å². The molecule has 2 N–H and O–H groups in total. The van der Waals surface area contributed by atoms with E-state index in [4.69, 9.17) is 0 Å². The van der Waals surface area contributed by atoms with Crippen LogP contribution in [-0.4, -0.2) is 20.0 Å². The third kappa shape index (κ3) is 4.84. The van der Waals surface area contributed by atoms with Crippen LogP contribution in [0.25, 0.3) is 0 Å². The number of sulfonamides is 1. The predicted octanol–water partition coefficient (Wildman–Crippen LogP) is 3.10. The molecule has 0 saturated heterocycles. The van der Waals surface area contributed by atoms with E-state index in [-0.39, 0.29) is 5.54 Å². The molecular weight excluding hydrogens is 292 g/mol. The molecule has 1 aromatic rings. The number of rotatable bonds is 8. The summed E-state index contributed by atoms with van der Waals surface area (Å²) in [4.78, 5) is 1.41. The second-order valence-electron chi connectivity index (χ2n) is 5.66. The molecule has 0 unspecified atom stereocenters. The Labute approximate surface area is 127 Å². The molecule has 4 nitrogen and oxygen atoms in total. The van der Waals surface area contributed by atoms with E-state index in [2.05, 4.69) is 23.9 Å². The van der Waals surface area contributed by atoms with E-state index in [0.717, 1.165) is 17.7 Å². The Balaban J connectivity index is 2.83. The van der Waals surface area contributed by atoms with Crippen molar-refractivity contribution in [3.8, 4) is 0 Å². The van der Waals surface area contributed by atoms with Gasteiger partial charge in [0.05, 0.1) is 4.90 Å². The average molecular weight is 319 g/mol. The standard InChI is InChI=1S/C14H26N2O2S2/c1-6-14(5,7-2)16-20(17,18)13-8-12(19-10-13)9-15-11(3)4/h8,10-11,15-16H,6-7,9H2,1-5H3. The van der Waals surface area contributed by atoms with Crippen LogP contribution in [0.2, 0.25) is 0 Å². The summed E-state index contributed by atoms with van der Waals surface area (Å²) < 4.78 is 27.6. The van der Waals surface area contributed by atoms with Crippen molar-refractivity contribution in [3.05, 3.63) is 16.3 Å². The lowest BCUT2D eigenvalue weighted by Gasteiger charge is -2.27. The molecule has 20 heavy (non-hydrogen) atoms. The summed E-state index contributed by atoms with van der Waals surface area (Å²) in [5, 5.41) is 5.01. The van der Waals surface area contributed by atoms with Gasteiger partial charge in [-0.2, -0.15) is 0 Å². The van der Waals surface area contributed by atoms with Gasteiger partial charge in [0.25, 0.3) is 0 Å². The topological polar surface area (TPSA) is 58.2 Å². The molecule has 0 atom stereocenters. The summed E-state index contributed by atoms with van der Waals surface area (Å²) in [5.74, 6) is 0. The quantitative estimate of drug-likeness (QED) is 0.774. The van der Waals surface area contributed by atoms with Gasteiger partial charge in [-0.3, -0.25) is 0 Å². The average Bonchev–Trinajstić information content (AvgIpc) is 2.85. The van der Waals surface area contributed by atoms with Crippen molar-refractivity contribution in [2.24, 2.45) is 0 Å². The van der Waals surface area contributed by atoms with Gasteiger partial charge in [0.2, 0.25) is 10.0 Å². The van der Waals surface area contributed by atoms with Crippen molar-refractivity contribution >= 4 is 21.4 Å². The van der Waals surface area contributed by atoms with Gasteiger partial charge in [-0.1, -0.05) is 27.7 Å². The smallest absolute Gasteiger partial charge is 0.241 e. The van der Waals surface area contributed by atoms with Crippen LogP contribution in [-0.2, 0) is 16.6 Å². The lowest BCUT2D eigenvalue weighted by molar-refractivity contribution is 0.389. The third-order valence-corrected chi connectivity index (χ3v) is 6.27. The van der Waals surface area contributed by atoms with E-state index in [1.165, 1.54) is 11.3 Å². The molecule has 6 heteroatoms. The second kappa shape index (κ2) is 7.02. The zero-order chi connectivity index (χ0) is 15.4. The molecule has 0 saturated carbocycles. The molecule has 0 aromatic carbocycles. The van der Waals surface area contributed by atoms with Crippen LogP contribution in [0, 0.1) is 0 Å². The fourth-order valence-corrected chi connectivity index (χ4v) is 4.45. The van der Waals surface area contributed by atoms with Gasteiger partial charge in [0, 0.05) is 28.4 Å². The van der Waals surface area contributed by atoms with Crippen LogP contribution in [0.5, 0.6) is 0 Å². The molecule has 1 heterocycles. The maximum Gasteiger partial charge on any atom is 0.241 e. The Morgan fingerprint density at radius 1 is 1.30 bits per heavy atom. The van der Waals surface area contributed by atoms with Crippen molar-refractivity contribution in [1.82, 2.24) is 10.0 Å². The first kappa shape index (κ1) is 17.6. The van der Waals surface area contributed by atoms with E-state index in [9.17, 15) is 8.42 Å². The van der Waals surface area contributed by atoms with Crippen molar-refractivity contribution in [2.75, 3.05) is 0 Å². The maximum atomic E-state index is 12.4. The van der Waals surface area contributed by atoms with Gasteiger partial charge in [-0.05, 0) is 25.8 Å². The lowest BCUT2D eigenvalue weighted by Crippen LogP contribution is -2.44. The first-order valence-corrected chi connectivity index (χ1v) is 9.43. The predicted molar refractivity (Wildman–Crippen MR) is 85.6 cm³/mol. The lowest BCUT2D eigenvalue weighted by atomic mass is 9.98. The number of hydrogen-bond acceptors (Lipinski definition) is 4. The molecule has 0 aliphatic heterocycles. The SMILES string of the molecule is CCC(C)(CC)NS(=O)(=O)c1csc(CNC(C)C)c1. The summed E-state index contributed by atoms with van der Waals surface area (Å²) in [6.45, 7) is 10.8. The van der Waals surface area contributed by atoms with Crippen LogP contribution in [0.15, 0.2) is 16.3 Å². The summed E-state index contributed by atoms with van der Waals surface area (Å²) >= 11 is 1.48. The molecule has 0 fully saturated rings. The highest BCUT2D eigenvalue weighted by Crippen LogP contribution is 2.23. The summed E-state index contributed by atoms with van der Waals surface area (Å²) in [5.41, 5.74) is -0.378. The first-order valence-electron chi connectivity index (χ1n) is 7.07. The molecular formula is C14H26N2O2S2. The molecule has 0 aliphatic rings. The van der Waals surface area contributed by atoms with Crippen LogP contribution in [0.4, 0.5) is 0 Å². The number of hydrogen-bond donors (Lipinski definition) is 2. The van der Waals surface area contributed by atoms with E-state index < -0.39 is 10.0 Å². The van der Waals surface area contributed by atoms with Gasteiger partial charge >= 0.3 is 0 Å². The van der Waals surface area contributed by atoms with Crippen LogP contribution >= 0.6 is 11.3 Å². The van der Waals surface area contributed by atoms with Gasteiger partial charge in [-0.15, -0.1) is 11.3 Å². The van der Waals surface area contributed by atoms with E-state index in [1.807, 2.05) is 20.8 Å². The number of nitrogens with one attached hydrogen (secondary N) is 2. The van der Waals surface area contributed by atoms with Gasteiger partial charge in [-0.25, -0.2) is 13.1 Å². The van der Waals surface area contributed by atoms with E-state index in [1.54, 1.807) is 11.4 Å². The van der Waals surface area contributed by atoms with Crippen LogP contribution in [0.3, 0.4) is 0 Å². The Morgan fingerprint density at radius 3 is 2.40 bits per heavy atom. The molecule has 0 aliphatic carbocycles. The molecule has 116 valence electrons. The first-order chi connectivity index (χ1) is 9.22. The minimum atomic E-state index is -3.43. The Morgan fingerprint density at radius 2 is 1.90 bits per heavy atom. The fraction of sp³-hybridized carbons (Fsp3) is 0.714. The van der Waals surface area contributed by atoms with E-state index in [0.29, 0.717) is 17.5 Å². The highest BCUT2D eigenvalue weighted by Gasteiger charge is 2.27. The molecule has 1 aromatic heterocycles. The summed E-state index contributed by atoms with van der Waals surface area (Å²) in [6.07, 6.45) is 1.54. The fourth-order valence-electron chi connectivity index (χ4n) is 1.68. The maximum absolute atomic E-state index is 12.4. The Bertz CT molecular complexity index is 517. The van der Waals surface area contributed by atoms with Gasteiger partial charge < -0.3 is 5.32 Å². The summed E-state index contributed by atoms with van der Waals surface area (Å²) in [7, 11) is -3.43. The minimum Gasteiger partial charge on any atom is -0.310 e. The zero-order valence-electron chi connectivity index (χ0n) is 13.0. The van der Waals surface area contributed by atoms with Crippen LogP contribution in [0.1, 0.15) is 52.3 Å². The Hall–Kier alpha value is -0.430.